The first-order valence-electron chi connectivity index (χ1n) is 9.81. The van der Waals surface area contributed by atoms with Crippen molar-refractivity contribution < 1.29 is 19.3 Å². The molecule has 4 rings (SSSR count). The van der Waals surface area contributed by atoms with Crippen LogP contribution in [-0.2, 0) is 16.1 Å². The highest BCUT2D eigenvalue weighted by atomic mass is 35.5. The Bertz CT molecular complexity index is 1120. The van der Waals surface area contributed by atoms with Gasteiger partial charge in [0.25, 0.3) is 23.4 Å². The van der Waals surface area contributed by atoms with E-state index < -0.39 is 34.5 Å². The highest BCUT2D eigenvalue weighted by molar-refractivity contribution is 6.42. The molecule has 1 saturated heterocycles. The maximum absolute atomic E-state index is 13.4. The normalized spacial score (nSPS) is 19.8. The average molecular weight is 474 g/mol. The minimum atomic E-state index is -0.640. The van der Waals surface area contributed by atoms with Gasteiger partial charge in [-0.15, -0.1) is 0 Å². The summed E-state index contributed by atoms with van der Waals surface area (Å²) < 4.78 is 0. The summed E-state index contributed by atoms with van der Waals surface area (Å²) in [5, 5.41) is 13.5. The zero-order valence-electron chi connectivity index (χ0n) is 16.6. The van der Waals surface area contributed by atoms with E-state index in [1.807, 2.05) is 12.2 Å². The van der Waals surface area contributed by atoms with Crippen LogP contribution in [0.15, 0.2) is 54.6 Å². The van der Waals surface area contributed by atoms with Gasteiger partial charge in [-0.1, -0.05) is 41.4 Å². The van der Waals surface area contributed by atoms with Crippen molar-refractivity contribution in [1.29, 1.82) is 0 Å². The Morgan fingerprint density at radius 1 is 1.00 bits per heavy atom. The molecule has 2 aromatic rings. The van der Waals surface area contributed by atoms with Crippen LogP contribution in [0.1, 0.15) is 28.8 Å². The van der Waals surface area contributed by atoms with Crippen LogP contribution in [0, 0.1) is 22.0 Å². The third-order valence-electron chi connectivity index (χ3n) is 5.60. The van der Waals surface area contributed by atoms with E-state index in [2.05, 4.69) is 0 Å². The molecule has 0 aromatic heterocycles. The smallest absolute Gasteiger partial charge is 0.272 e. The molecule has 2 atom stereocenters. The molecule has 0 radical (unpaired) electrons. The number of amides is 3. The van der Waals surface area contributed by atoms with E-state index in [4.69, 9.17) is 23.2 Å². The molecule has 10 heteroatoms. The fraction of sp³-hybridized carbons (Fsp3) is 0.227. The number of nitro groups is 1. The number of rotatable bonds is 5. The fourth-order valence-electron chi connectivity index (χ4n) is 3.94. The van der Waals surface area contributed by atoms with E-state index in [1.165, 1.54) is 24.3 Å². The Morgan fingerprint density at radius 2 is 1.59 bits per heavy atom. The van der Waals surface area contributed by atoms with Crippen molar-refractivity contribution in [1.82, 2.24) is 10.0 Å². The lowest BCUT2D eigenvalue weighted by Crippen LogP contribution is -2.49. The van der Waals surface area contributed by atoms with Crippen molar-refractivity contribution >= 4 is 46.6 Å². The molecule has 3 amide bonds. The summed E-state index contributed by atoms with van der Waals surface area (Å²) in [7, 11) is 0. The Morgan fingerprint density at radius 3 is 2.12 bits per heavy atom. The number of allylic oxidation sites excluding steroid dienone is 2. The topological polar surface area (TPSA) is 101 Å². The van der Waals surface area contributed by atoms with Crippen LogP contribution in [-0.4, -0.2) is 32.7 Å². The zero-order chi connectivity index (χ0) is 23.0. The number of fused-ring (bicyclic) bond motifs is 1. The van der Waals surface area contributed by atoms with E-state index in [0.29, 0.717) is 23.4 Å². The third kappa shape index (κ3) is 3.99. The number of hydrogen-bond donors (Lipinski definition) is 0. The molecule has 2 aromatic carbocycles. The van der Waals surface area contributed by atoms with Gasteiger partial charge < -0.3 is 0 Å². The predicted octanol–water partition coefficient (Wildman–Crippen LogP) is 4.41. The Balaban J connectivity index is 1.71. The number of carbonyl (C=O) groups is 3. The van der Waals surface area contributed by atoms with E-state index in [-0.39, 0.29) is 22.8 Å². The molecule has 0 spiro atoms. The average Bonchev–Trinajstić information content (AvgIpc) is 3.04. The second-order valence-corrected chi connectivity index (χ2v) is 8.37. The lowest BCUT2D eigenvalue weighted by Gasteiger charge is -2.30. The molecular weight excluding hydrogens is 457 g/mol. The number of imide groups is 1. The molecule has 0 N–H and O–H groups in total. The van der Waals surface area contributed by atoms with Gasteiger partial charge in [-0.2, -0.15) is 5.01 Å². The van der Waals surface area contributed by atoms with Crippen molar-refractivity contribution in [2.45, 2.75) is 19.4 Å². The summed E-state index contributed by atoms with van der Waals surface area (Å²) in [6.07, 6.45) is 4.57. The van der Waals surface area contributed by atoms with Crippen molar-refractivity contribution in [3.8, 4) is 0 Å². The Hall–Kier alpha value is -3.23. The highest BCUT2D eigenvalue weighted by Gasteiger charge is 2.50. The van der Waals surface area contributed by atoms with E-state index >= 15 is 0 Å². The number of carbonyl (C=O) groups excluding carboxylic acids is 3. The van der Waals surface area contributed by atoms with E-state index in [1.54, 1.807) is 18.2 Å². The number of non-ortho nitro benzene ring substituents is 1. The summed E-state index contributed by atoms with van der Waals surface area (Å²) in [6, 6.07) is 9.74. The summed E-state index contributed by atoms with van der Waals surface area (Å²) >= 11 is 12.1. The lowest BCUT2D eigenvalue weighted by atomic mass is 9.85. The number of nitrogens with zero attached hydrogens (tertiary/aromatic N) is 3. The van der Waals surface area contributed by atoms with Crippen molar-refractivity contribution in [2.75, 3.05) is 0 Å². The molecule has 8 nitrogen and oxygen atoms in total. The van der Waals surface area contributed by atoms with Crippen molar-refractivity contribution in [3.63, 3.8) is 0 Å². The van der Waals surface area contributed by atoms with Crippen LogP contribution in [0.5, 0.6) is 0 Å². The largest absolute Gasteiger partial charge is 0.273 e. The molecule has 0 bridgehead atoms. The monoisotopic (exact) mass is 473 g/mol. The Kier molecular flexibility index (Phi) is 5.99. The first kappa shape index (κ1) is 22.0. The van der Waals surface area contributed by atoms with Gasteiger partial charge in [0.05, 0.1) is 33.3 Å². The number of hydrazine groups is 1. The van der Waals surface area contributed by atoms with Gasteiger partial charge in [-0.25, -0.2) is 5.01 Å². The molecule has 32 heavy (non-hydrogen) atoms. The zero-order valence-corrected chi connectivity index (χ0v) is 18.1. The maximum Gasteiger partial charge on any atom is 0.273 e. The van der Waals surface area contributed by atoms with Gasteiger partial charge >= 0.3 is 0 Å². The number of nitro benzene ring substituents is 1. The quantitative estimate of drug-likeness (QED) is 0.277. The number of benzene rings is 2. The minimum absolute atomic E-state index is 0.101. The van der Waals surface area contributed by atoms with Crippen LogP contribution in [0.4, 0.5) is 5.69 Å². The van der Waals surface area contributed by atoms with Crippen LogP contribution in [0.2, 0.25) is 10.0 Å². The second-order valence-electron chi connectivity index (χ2n) is 7.56. The molecule has 1 aliphatic carbocycles. The first-order chi connectivity index (χ1) is 15.3. The number of halogens is 2. The molecule has 2 aliphatic rings. The summed E-state index contributed by atoms with van der Waals surface area (Å²) in [5.41, 5.74) is 0.482. The lowest BCUT2D eigenvalue weighted by molar-refractivity contribution is -0.384. The van der Waals surface area contributed by atoms with Gasteiger partial charge in [0, 0.05) is 17.7 Å². The molecule has 0 unspecified atom stereocenters. The first-order valence-corrected chi connectivity index (χ1v) is 10.6. The molecule has 164 valence electrons. The SMILES string of the molecule is O=C(c1ccc([N+](=O)[O-])cc1)N(Cc1ccc(Cl)c(Cl)c1)N1C(=O)[C@H]2CC=CC[C@H]2C1=O. The highest BCUT2D eigenvalue weighted by Crippen LogP contribution is 2.37. The number of hydrogen-bond acceptors (Lipinski definition) is 5. The van der Waals surface area contributed by atoms with Gasteiger partial charge in [0.1, 0.15) is 0 Å². The molecular formula is C22H17Cl2N3O5. The Labute approximate surface area is 193 Å². The van der Waals surface area contributed by atoms with Gasteiger partial charge in [-0.05, 0) is 42.7 Å². The third-order valence-corrected chi connectivity index (χ3v) is 6.34. The van der Waals surface area contributed by atoms with Crippen LogP contribution < -0.4 is 0 Å². The second kappa shape index (κ2) is 8.72. The summed E-state index contributed by atoms with van der Waals surface area (Å²) in [5.74, 6) is -2.57. The fourth-order valence-corrected chi connectivity index (χ4v) is 4.26. The molecule has 1 aliphatic heterocycles. The van der Waals surface area contributed by atoms with Crippen LogP contribution >= 0.6 is 23.2 Å². The minimum Gasteiger partial charge on any atom is -0.272 e. The van der Waals surface area contributed by atoms with Crippen molar-refractivity contribution in [2.24, 2.45) is 11.8 Å². The van der Waals surface area contributed by atoms with Crippen LogP contribution in [0.25, 0.3) is 0 Å². The summed E-state index contributed by atoms with van der Waals surface area (Å²) in [6.45, 7) is -0.114. The van der Waals surface area contributed by atoms with Gasteiger partial charge in [0.2, 0.25) is 0 Å². The molecule has 1 heterocycles. The van der Waals surface area contributed by atoms with Crippen molar-refractivity contribution in [3.05, 3.63) is 85.9 Å². The van der Waals surface area contributed by atoms with Gasteiger partial charge in [-0.3, -0.25) is 24.5 Å². The van der Waals surface area contributed by atoms with E-state index in [9.17, 15) is 24.5 Å². The maximum atomic E-state index is 13.4. The standard InChI is InChI=1S/C22H17Cl2N3O5/c23-18-10-5-13(11-19(18)24)12-25(20(28)14-6-8-15(9-7-14)27(31)32)26-21(29)16-3-1-2-4-17(16)22(26)30/h1-2,5-11,16-17H,3-4,12H2/t16-,17+. The van der Waals surface area contributed by atoms with Gasteiger partial charge in [0.15, 0.2) is 0 Å². The predicted molar refractivity (Wildman–Crippen MR) is 117 cm³/mol. The molecule has 0 saturated carbocycles. The summed E-state index contributed by atoms with van der Waals surface area (Å²) in [4.78, 5) is 50.0. The molecule has 1 fully saturated rings. The van der Waals surface area contributed by atoms with E-state index in [0.717, 1.165) is 10.0 Å². The van der Waals surface area contributed by atoms with Crippen LogP contribution in [0.3, 0.4) is 0 Å².